The molecule has 0 amide bonds. The minimum absolute atomic E-state index is 0.221. The average molecular weight is 277 g/mol. The maximum atomic E-state index is 9.30. The van der Waals surface area contributed by atoms with Gasteiger partial charge in [-0.15, -0.1) is 0 Å². The predicted octanol–water partition coefficient (Wildman–Crippen LogP) is 0.947. The van der Waals surface area contributed by atoms with E-state index in [4.69, 9.17) is 0 Å². The molecule has 0 aromatic heterocycles. The van der Waals surface area contributed by atoms with Crippen molar-refractivity contribution in [3.63, 3.8) is 0 Å². The highest BCUT2D eigenvalue weighted by atomic mass is 16.3. The Morgan fingerprint density at radius 1 is 1.25 bits per heavy atom. The zero-order chi connectivity index (χ0) is 14.2. The lowest BCUT2D eigenvalue weighted by Crippen LogP contribution is -2.47. The van der Waals surface area contributed by atoms with Crippen molar-refractivity contribution in [1.82, 2.24) is 15.1 Å². The monoisotopic (exact) mass is 277 g/mol. The molecule has 1 aliphatic rings. The number of nitrogens with one attached hydrogen (secondary N) is 1. The van der Waals surface area contributed by atoms with Gasteiger partial charge in [0.15, 0.2) is 0 Å². The molecule has 1 aromatic rings. The fraction of sp³-hybridized carbons (Fsp3) is 0.625. The van der Waals surface area contributed by atoms with Crippen LogP contribution in [0, 0.1) is 0 Å². The van der Waals surface area contributed by atoms with E-state index < -0.39 is 0 Å². The first-order valence-electron chi connectivity index (χ1n) is 7.68. The van der Waals surface area contributed by atoms with E-state index in [-0.39, 0.29) is 6.61 Å². The summed E-state index contributed by atoms with van der Waals surface area (Å²) in [6, 6.07) is 11.0. The summed E-state index contributed by atoms with van der Waals surface area (Å²) >= 11 is 0. The van der Waals surface area contributed by atoms with Gasteiger partial charge >= 0.3 is 0 Å². The summed E-state index contributed by atoms with van der Waals surface area (Å²) in [7, 11) is 0. The zero-order valence-corrected chi connectivity index (χ0v) is 12.5. The summed E-state index contributed by atoms with van der Waals surface area (Å²) in [6.45, 7) is 9.51. The van der Waals surface area contributed by atoms with Crippen LogP contribution in [0.15, 0.2) is 30.3 Å². The number of aliphatic hydroxyl groups is 1. The van der Waals surface area contributed by atoms with Crippen molar-refractivity contribution in [2.45, 2.75) is 13.0 Å². The number of piperazine rings is 1. The average Bonchev–Trinajstić information content (AvgIpc) is 2.52. The van der Waals surface area contributed by atoms with Crippen LogP contribution in [0.25, 0.3) is 0 Å². The van der Waals surface area contributed by atoms with Crippen molar-refractivity contribution < 1.29 is 5.11 Å². The molecule has 1 heterocycles. The molecule has 4 nitrogen and oxygen atoms in total. The van der Waals surface area contributed by atoms with Gasteiger partial charge in [-0.2, -0.15) is 0 Å². The molecule has 0 saturated carbocycles. The standard InChI is InChI=1S/C16H27N3O/c1-2-19(12-13-20)16(15-6-4-3-5-7-15)14-18-10-8-17-9-11-18/h3-7,16-17,20H,2,8-14H2,1H3. The Bertz CT molecular complexity index is 365. The quantitative estimate of drug-likeness (QED) is 0.778. The van der Waals surface area contributed by atoms with Crippen LogP contribution in [0.3, 0.4) is 0 Å². The van der Waals surface area contributed by atoms with E-state index >= 15 is 0 Å². The van der Waals surface area contributed by atoms with Crippen LogP contribution in [0.1, 0.15) is 18.5 Å². The largest absolute Gasteiger partial charge is 0.395 e. The number of hydrogen-bond donors (Lipinski definition) is 2. The van der Waals surface area contributed by atoms with Crippen LogP contribution in [0.2, 0.25) is 0 Å². The van der Waals surface area contributed by atoms with Gasteiger partial charge in [0.2, 0.25) is 0 Å². The molecule has 1 atom stereocenters. The first-order valence-corrected chi connectivity index (χ1v) is 7.68. The topological polar surface area (TPSA) is 38.7 Å². The van der Waals surface area contributed by atoms with Gasteiger partial charge in [0, 0.05) is 45.3 Å². The molecule has 1 aromatic carbocycles. The molecular weight excluding hydrogens is 250 g/mol. The van der Waals surface area contributed by atoms with E-state index in [0.29, 0.717) is 6.04 Å². The normalized spacial score (nSPS) is 18.4. The van der Waals surface area contributed by atoms with Crippen molar-refractivity contribution in [3.8, 4) is 0 Å². The first kappa shape index (κ1) is 15.4. The smallest absolute Gasteiger partial charge is 0.0558 e. The Morgan fingerprint density at radius 3 is 2.55 bits per heavy atom. The van der Waals surface area contributed by atoms with Gasteiger partial charge in [-0.25, -0.2) is 0 Å². The molecule has 2 N–H and O–H groups in total. The predicted molar refractivity (Wildman–Crippen MR) is 82.8 cm³/mol. The van der Waals surface area contributed by atoms with Gasteiger partial charge in [0.25, 0.3) is 0 Å². The van der Waals surface area contributed by atoms with Gasteiger partial charge < -0.3 is 10.4 Å². The summed E-state index contributed by atoms with van der Waals surface area (Å²) in [6.07, 6.45) is 0. The second kappa shape index (κ2) is 8.37. The highest BCUT2D eigenvalue weighted by molar-refractivity contribution is 5.19. The van der Waals surface area contributed by atoms with Crippen molar-refractivity contribution in [2.24, 2.45) is 0 Å². The lowest BCUT2D eigenvalue weighted by Gasteiger charge is -2.36. The molecule has 4 heteroatoms. The summed E-state index contributed by atoms with van der Waals surface area (Å²) in [5.41, 5.74) is 1.35. The summed E-state index contributed by atoms with van der Waals surface area (Å²) in [5.74, 6) is 0. The van der Waals surface area contributed by atoms with Crippen molar-refractivity contribution in [1.29, 1.82) is 0 Å². The lowest BCUT2D eigenvalue weighted by atomic mass is 10.0. The number of nitrogens with zero attached hydrogens (tertiary/aromatic N) is 2. The molecule has 0 aliphatic carbocycles. The number of hydrogen-bond acceptors (Lipinski definition) is 4. The van der Waals surface area contributed by atoms with E-state index in [2.05, 4.69) is 52.4 Å². The molecule has 20 heavy (non-hydrogen) atoms. The molecule has 112 valence electrons. The van der Waals surface area contributed by atoms with Crippen LogP contribution < -0.4 is 5.32 Å². The number of likely N-dealkylation sites (N-methyl/N-ethyl adjacent to an activating group) is 1. The van der Waals surface area contributed by atoms with Crippen LogP contribution in [-0.4, -0.2) is 67.3 Å². The Morgan fingerprint density at radius 2 is 1.95 bits per heavy atom. The van der Waals surface area contributed by atoms with Gasteiger partial charge in [-0.3, -0.25) is 9.80 Å². The van der Waals surface area contributed by atoms with Gasteiger partial charge in [-0.05, 0) is 12.1 Å². The molecule has 1 unspecified atom stereocenters. The first-order chi connectivity index (χ1) is 9.85. The third kappa shape index (κ3) is 4.28. The van der Waals surface area contributed by atoms with Crippen LogP contribution >= 0.6 is 0 Å². The maximum absolute atomic E-state index is 9.30. The number of rotatable bonds is 7. The second-order valence-electron chi connectivity index (χ2n) is 5.33. The second-order valence-corrected chi connectivity index (χ2v) is 5.33. The molecule has 1 saturated heterocycles. The Labute approximate surface area is 122 Å². The van der Waals surface area contributed by atoms with E-state index in [0.717, 1.165) is 45.8 Å². The molecule has 0 bridgehead atoms. The van der Waals surface area contributed by atoms with E-state index in [9.17, 15) is 5.11 Å². The molecule has 1 aliphatic heterocycles. The van der Waals surface area contributed by atoms with E-state index in [1.807, 2.05) is 0 Å². The molecule has 1 fully saturated rings. The molecular formula is C16H27N3O. The minimum Gasteiger partial charge on any atom is -0.395 e. The van der Waals surface area contributed by atoms with E-state index in [1.165, 1.54) is 5.56 Å². The summed E-state index contributed by atoms with van der Waals surface area (Å²) in [5, 5.41) is 12.7. The summed E-state index contributed by atoms with van der Waals surface area (Å²) < 4.78 is 0. The highest BCUT2D eigenvalue weighted by Gasteiger charge is 2.22. The van der Waals surface area contributed by atoms with Crippen molar-refractivity contribution >= 4 is 0 Å². The SMILES string of the molecule is CCN(CCO)C(CN1CCNCC1)c1ccccc1. The Hall–Kier alpha value is -0.940. The third-order valence-corrected chi connectivity index (χ3v) is 4.06. The number of benzene rings is 1. The minimum atomic E-state index is 0.221. The molecule has 2 rings (SSSR count). The maximum Gasteiger partial charge on any atom is 0.0558 e. The van der Waals surface area contributed by atoms with Gasteiger partial charge in [0.05, 0.1) is 6.61 Å². The molecule has 0 spiro atoms. The van der Waals surface area contributed by atoms with E-state index in [1.54, 1.807) is 0 Å². The summed E-state index contributed by atoms with van der Waals surface area (Å²) in [4.78, 5) is 4.89. The third-order valence-electron chi connectivity index (χ3n) is 4.06. The molecule has 0 radical (unpaired) electrons. The zero-order valence-electron chi connectivity index (χ0n) is 12.5. The fourth-order valence-corrected chi connectivity index (χ4v) is 2.91. The lowest BCUT2D eigenvalue weighted by molar-refractivity contribution is 0.113. The Balaban J connectivity index is 2.10. The van der Waals surface area contributed by atoms with Crippen LogP contribution in [0.5, 0.6) is 0 Å². The Kier molecular flexibility index (Phi) is 6.47. The fourth-order valence-electron chi connectivity index (χ4n) is 2.91. The van der Waals surface area contributed by atoms with Gasteiger partial charge in [0.1, 0.15) is 0 Å². The van der Waals surface area contributed by atoms with Crippen LogP contribution in [-0.2, 0) is 0 Å². The van der Waals surface area contributed by atoms with Gasteiger partial charge in [-0.1, -0.05) is 37.3 Å². The van der Waals surface area contributed by atoms with Crippen LogP contribution in [0.4, 0.5) is 0 Å². The van der Waals surface area contributed by atoms with Crippen molar-refractivity contribution in [2.75, 3.05) is 52.4 Å². The van der Waals surface area contributed by atoms with Crippen molar-refractivity contribution in [3.05, 3.63) is 35.9 Å². The highest BCUT2D eigenvalue weighted by Crippen LogP contribution is 2.21. The number of aliphatic hydroxyl groups excluding tert-OH is 1.